The van der Waals surface area contributed by atoms with E-state index in [1.165, 1.54) is 10.1 Å². The van der Waals surface area contributed by atoms with Crippen molar-refractivity contribution in [3.8, 4) is 23.3 Å². The van der Waals surface area contributed by atoms with Crippen LogP contribution in [0.25, 0.3) is 10.1 Å². The first-order valence-electron chi connectivity index (χ1n) is 8.89. The molecule has 2 heterocycles. The number of aromatic hydroxyl groups is 1. The van der Waals surface area contributed by atoms with Crippen molar-refractivity contribution in [2.75, 3.05) is 0 Å². The van der Waals surface area contributed by atoms with Crippen molar-refractivity contribution in [3.63, 3.8) is 0 Å². The Kier molecular flexibility index (Phi) is 3.97. The zero-order valence-corrected chi connectivity index (χ0v) is 16.4. The molecule has 0 saturated heterocycles. The molecular formula is C23H22O2S. The van der Waals surface area contributed by atoms with E-state index in [2.05, 4.69) is 48.4 Å². The lowest BCUT2D eigenvalue weighted by molar-refractivity contribution is 0.122. The average Bonchev–Trinajstić information content (AvgIpc) is 3.06. The largest absolute Gasteiger partial charge is 0.507 e. The van der Waals surface area contributed by atoms with Crippen LogP contribution in [0.15, 0.2) is 29.6 Å². The van der Waals surface area contributed by atoms with E-state index < -0.39 is 5.60 Å². The highest BCUT2D eigenvalue weighted by atomic mass is 32.1. The fourth-order valence-electron chi connectivity index (χ4n) is 3.61. The van der Waals surface area contributed by atoms with Crippen LogP contribution in [0.2, 0.25) is 0 Å². The predicted molar refractivity (Wildman–Crippen MR) is 108 cm³/mol. The fourth-order valence-corrected chi connectivity index (χ4v) is 4.50. The minimum Gasteiger partial charge on any atom is -0.507 e. The molecule has 0 saturated carbocycles. The molecule has 0 amide bonds. The molecule has 0 unspecified atom stereocenters. The number of rotatable bonds is 0. The predicted octanol–water partition coefficient (Wildman–Crippen LogP) is 5.67. The highest BCUT2D eigenvalue weighted by Gasteiger charge is 2.33. The second kappa shape index (κ2) is 6.07. The summed E-state index contributed by atoms with van der Waals surface area (Å²) in [6.07, 6.45) is 1.68. The molecule has 2 nitrogen and oxygen atoms in total. The number of thiophene rings is 1. The number of hydrogen-bond donors (Lipinski definition) is 1. The van der Waals surface area contributed by atoms with Gasteiger partial charge in [-0.3, -0.25) is 0 Å². The number of hydrogen-bond acceptors (Lipinski definition) is 3. The van der Waals surface area contributed by atoms with E-state index in [1.54, 1.807) is 11.3 Å². The number of fused-ring (bicyclic) bond motifs is 2. The first-order valence-corrected chi connectivity index (χ1v) is 9.77. The van der Waals surface area contributed by atoms with Gasteiger partial charge in [-0.05, 0) is 56.9 Å². The third-order valence-corrected chi connectivity index (χ3v) is 6.43. The third-order valence-electron chi connectivity index (χ3n) is 5.46. The smallest absolute Gasteiger partial charge is 0.167 e. The molecule has 1 atom stereocenters. The van der Waals surface area contributed by atoms with Gasteiger partial charge in [0.25, 0.3) is 0 Å². The average molecular weight is 362 g/mol. The van der Waals surface area contributed by atoms with Gasteiger partial charge in [0.1, 0.15) is 11.5 Å². The molecule has 0 fully saturated rings. The van der Waals surface area contributed by atoms with Gasteiger partial charge in [-0.1, -0.05) is 30.0 Å². The Morgan fingerprint density at radius 2 is 1.88 bits per heavy atom. The Bertz CT molecular complexity index is 1080. The molecule has 1 N–H and O–H groups in total. The van der Waals surface area contributed by atoms with Gasteiger partial charge in [0.15, 0.2) is 5.60 Å². The van der Waals surface area contributed by atoms with Crippen LogP contribution in [0.5, 0.6) is 11.5 Å². The lowest BCUT2D eigenvalue weighted by Crippen LogP contribution is -2.35. The number of benzene rings is 2. The zero-order chi connectivity index (χ0) is 18.5. The van der Waals surface area contributed by atoms with Gasteiger partial charge in [0.2, 0.25) is 0 Å². The van der Waals surface area contributed by atoms with Gasteiger partial charge in [0.05, 0.1) is 0 Å². The van der Waals surface area contributed by atoms with Gasteiger partial charge >= 0.3 is 0 Å². The van der Waals surface area contributed by atoms with Gasteiger partial charge in [-0.25, -0.2) is 0 Å². The van der Waals surface area contributed by atoms with E-state index in [4.69, 9.17) is 4.74 Å². The maximum absolute atomic E-state index is 10.3. The minimum absolute atomic E-state index is 0.393. The van der Waals surface area contributed by atoms with Gasteiger partial charge in [-0.2, -0.15) is 0 Å². The Morgan fingerprint density at radius 1 is 1.12 bits per heavy atom. The zero-order valence-electron chi connectivity index (χ0n) is 15.6. The molecule has 0 spiro atoms. The van der Waals surface area contributed by atoms with Crippen LogP contribution in [-0.4, -0.2) is 10.7 Å². The van der Waals surface area contributed by atoms with Crippen LogP contribution in [-0.2, 0) is 6.42 Å². The second-order valence-electron chi connectivity index (χ2n) is 7.26. The lowest BCUT2D eigenvalue weighted by atomic mass is 9.87. The van der Waals surface area contributed by atoms with Crippen molar-refractivity contribution in [2.24, 2.45) is 0 Å². The summed E-state index contributed by atoms with van der Waals surface area (Å²) < 4.78 is 7.65. The van der Waals surface area contributed by atoms with Gasteiger partial charge < -0.3 is 9.84 Å². The topological polar surface area (TPSA) is 29.5 Å². The van der Waals surface area contributed by atoms with Crippen LogP contribution in [0.4, 0.5) is 0 Å². The Balaban J connectivity index is 1.73. The first kappa shape index (κ1) is 17.0. The Labute approximate surface area is 158 Å². The van der Waals surface area contributed by atoms with E-state index in [0.29, 0.717) is 5.75 Å². The molecule has 0 aliphatic carbocycles. The highest BCUT2D eigenvalue weighted by molar-refractivity contribution is 7.17. The summed E-state index contributed by atoms with van der Waals surface area (Å²) in [4.78, 5) is 0. The summed E-state index contributed by atoms with van der Waals surface area (Å²) in [6.45, 7) is 7.99. The van der Waals surface area contributed by atoms with Crippen molar-refractivity contribution in [1.29, 1.82) is 0 Å². The maximum Gasteiger partial charge on any atom is 0.167 e. The summed E-state index contributed by atoms with van der Waals surface area (Å²) in [7, 11) is 0. The quantitative estimate of drug-likeness (QED) is 0.522. The minimum atomic E-state index is -0.517. The van der Waals surface area contributed by atoms with Gasteiger partial charge in [-0.15, -0.1) is 11.3 Å². The summed E-state index contributed by atoms with van der Waals surface area (Å²) in [5.41, 5.74) is 4.50. The van der Waals surface area contributed by atoms with E-state index in [1.807, 2.05) is 20.8 Å². The summed E-state index contributed by atoms with van der Waals surface area (Å²) in [5, 5.41) is 13.6. The Morgan fingerprint density at radius 3 is 2.69 bits per heavy atom. The van der Waals surface area contributed by atoms with Crippen LogP contribution in [0.1, 0.15) is 41.2 Å². The van der Waals surface area contributed by atoms with E-state index in [9.17, 15) is 5.11 Å². The molecule has 3 aromatic rings. The van der Waals surface area contributed by atoms with E-state index in [0.717, 1.165) is 46.4 Å². The van der Waals surface area contributed by atoms with Crippen molar-refractivity contribution >= 4 is 21.4 Å². The Hall–Kier alpha value is -2.44. The van der Waals surface area contributed by atoms with E-state index in [-0.39, 0.29) is 0 Å². The van der Waals surface area contributed by atoms with Gasteiger partial charge in [0, 0.05) is 33.0 Å². The molecule has 132 valence electrons. The third kappa shape index (κ3) is 2.66. The molecule has 1 aliphatic heterocycles. The molecule has 0 radical (unpaired) electrons. The fraction of sp³-hybridized carbons (Fsp3) is 0.304. The molecule has 4 rings (SSSR count). The molecule has 0 bridgehead atoms. The molecule has 1 aliphatic rings. The summed E-state index contributed by atoms with van der Waals surface area (Å²) >= 11 is 1.72. The van der Waals surface area contributed by atoms with Crippen molar-refractivity contribution in [1.82, 2.24) is 0 Å². The lowest BCUT2D eigenvalue weighted by Gasteiger charge is -2.34. The molecular weight excluding hydrogens is 340 g/mol. The number of phenolic OH excluding ortho intramolecular Hbond substituents is 1. The number of ether oxygens (including phenoxy) is 1. The standard InChI is InChI=1S/C23H22O2S/c1-14-15(2)22-18(16(3)21(14)24)10-12-23(4,25-22)11-9-17-13-26-20-8-6-5-7-19(17)20/h5-8,13,24H,10,12H2,1-4H3/t23-/m1/s1. The highest BCUT2D eigenvalue weighted by Crippen LogP contribution is 2.43. The molecule has 2 aromatic carbocycles. The maximum atomic E-state index is 10.3. The van der Waals surface area contributed by atoms with Crippen LogP contribution in [0, 0.1) is 32.6 Å². The van der Waals surface area contributed by atoms with Crippen LogP contribution < -0.4 is 4.74 Å². The van der Waals surface area contributed by atoms with Crippen molar-refractivity contribution < 1.29 is 9.84 Å². The SMILES string of the molecule is Cc1c(C)c2c(c(C)c1O)CC[C@@](C)(C#Cc1csc3ccccc13)O2. The molecule has 1 aromatic heterocycles. The summed E-state index contributed by atoms with van der Waals surface area (Å²) in [6, 6.07) is 8.36. The monoisotopic (exact) mass is 362 g/mol. The van der Waals surface area contributed by atoms with Crippen molar-refractivity contribution in [3.05, 3.63) is 57.5 Å². The second-order valence-corrected chi connectivity index (χ2v) is 8.17. The summed E-state index contributed by atoms with van der Waals surface area (Å²) in [5.74, 6) is 8.03. The van der Waals surface area contributed by atoms with Crippen molar-refractivity contribution in [2.45, 2.75) is 46.1 Å². The van der Waals surface area contributed by atoms with Crippen LogP contribution in [0.3, 0.4) is 0 Å². The first-order chi connectivity index (χ1) is 12.4. The van der Waals surface area contributed by atoms with Crippen LogP contribution >= 0.6 is 11.3 Å². The normalized spacial score (nSPS) is 18.8. The molecule has 26 heavy (non-hydrogen) atoms. The van der Waals surface area contributed by atoms with E-state index >= 15 is 0 Å². The molecule has 3 heteroatoms. The number of phenols is 1.